The van der Waals surface area contributed by atoms with Crippen LogP contribution in [0.25, 0.3) is 11.4 Å². The summed E-state index contributed by atoms with van der Waals surface area (Å²) in [4.78, 5) is 18.5. The zero-order valence-electron chi connectivity index (χ0n) is 13.1. The van der Waals surface area contributed by atoms with Gasteiger partial charge in [0.2, 0.25) is 5.91 Å². The van der Waals surface area contributed by atoms with E-state index in [2.05, 4.69) is 15.2 Å². The monoisotopic (exact) mass is 335 g/mol. The van der Waals surface area contributed by atoms with Gasteiger partial charge >= 0.3 is 0 Å². The molecule has 6 nitrogen and oxygen atoms in total. The lowest BCUT2D eigenvalue weighted by molar-refractivity contribution is -0.133. The first-order valence-electron chi connectivity index (χ1n) is 7.67. The molecule has 124 valence electrons. The fourth-order valence-corrected chi connectivity index (χ4v) is 2.86. The molecule has 3 rings (SSSR count). The Kier molecular flexibility index (Phi) is 5.74. The summed E-state index contributed by atoms with van der Waals surface area (Å²) >= 11 is 0. The maximum atomic E-state index is 12.1. The van der Waals surface area contributed by atoms with Gasteiger partial charge in [0.1, 0.15) is 5.82 Å². The van der Waals surface area contributed by atoms with Gasteiger partial charge in [-0.15, -0.1) is 12.4 Å². The minimum Gasteiger partial charge on any atom is -0.341 e. The number of amides is 1. The molecular formula is C16H22ClN5O. The third kappa shape index (κ3) is 3.89. The second-order valence-electron chi connectivity index (χ2n) is 5.82. The van der Waals surface area contributed by atoms with Crippen molar-refractivity contribution >= 4 is 18.3 Å². The zero-order chi connectivity index (χ0) is 15.5. The summed E-state index contributed by atoms with van der Waals surface area (Å²) in [5.74, 6) is 1.75. The van der Waals surface area contributed by atoms with E-state index in [1.54, 1.807) is 6.92 Å². The van der Waals surface area contributed by atoms with Crippen LogP contribution in [0.2, 0.25) is 0 Å². The molecule has 7 heteroatoms. The van der Waals surface area contributed by atoms with Gasteiger partial charge in [0, 0.05) is 24.6 Å². The molecule has 1 amide bonds. The van der Waals surface area contributed by atoms with Gasteiger partial charge in [0.25, 0.3) is 0 Å². The highest BCUT2D eigenvalue weighted by atomic mass is 35.5. The third-order valence-corrected chi connectivity index (χ3v) is 4.04. The molecule has 0 aliphatic carbocycles. The molecule has 1 unspecified atom stereocenters. The minimum absolute atomic E-state index is 0. The van der Waals surface area contributed by atoms with E-state index in [0.29, 0.717) is 12.4 Å². The number of piperidine rings is 1. The fraction of sp³-hybridized carbons (Fsp3) is 0.438. The molecule has 0 spiro atoms. The normalized spacial score (nSPS) is 19.0. The Labute approximate surface area is 141 Å². The molecule has 1 fully saturated rings. The number of aromatic nitrogens is 3. The minimum atomic E-state index is -0.451. The van der Waals surface area contributed by atoms with Crippen molar-refractivity contribution in [3.63, 3.8) is 0 Å². The Morgan fingerprint density at radius 1 is 1.39 bits per heavy atom. The summed E-state index contributed by atoms with van der Waals surface area (Å²) in [6.45, 7) is 3.16. The van der Waals surface area contributed by atoms with E-state index < -0.39 is 6.04 Å². The summed E-state index contributed by atoms with van der Waals surface area (Å²) in [7, 11) is 0. The Morgan fingerprint density at radius 3 is 2.83 bits per heavy atom. The molecule has 0 bridgehead atoms. The van der Waals surface area contributed by atoms with Crippen molar-refractivity contribution < 1.29 is 4.79 Å². The molecule has 0 saturated carbocycles. The third-order valence-electron chi connectivity index (χ3n) is 4.04. The number of hydrogen-bond donors (Lipinski definition) is 2. The fourth-order valence-electron chi connectivity index (χ4n) is 2.86. The van der Waals surface area contributed by atoms with Crippen LogP contribution in [0.15, 0.2) is 30.3 Å². The number of aromatic amines is 1. The highest BCUT2D eigenvalue weighted by Gasteiger charge is 2.28. The van der Waals surface area contributed by atoms with Gasteiger partial charge in [-0.1, -0.05) is 30.3 Å². The largest absolute Gasteiger partial charge is 0.341 e. The van der Waals surface area contributed by atoms with Gasteiger partial charge < -0.3 is 10.6 Å². The quantitative estimate of drug-likeness (QED) is 0.897. The second-order valence-corrected chi connectivity index (χ2v) is 5.82. The second kappa shape index (κ2) is 7.57. The van der Waals surface area contributed by atoms with Crippen LogP contribution in [0.5, 0.6) is 0 Å². The van der Waals surface area contributed by atoms with E-state index in [-0.39, 0.29) is 24.2 Å². The maximum Gasteiger partial charge on any atom is 0.239 e. The van der Waals surface area contributed by atoms with Gasteiger partial charge in [-0.2, -0.15) is 5.10 Å². The van der Waals surface area contributed by atoms with Crippen molar-refractivity contribution in [1.29, 1.82) is 0 Å². The van der Waals surface area contributed by atoms with Gasteiger partial charge in [-0.3, -0.25) is 9.89 Å². The first kappa shape index (κ1) is 17.4. The first-order valence-corrected chi connectivity index (χ1v) is 7.67. The number of carbonyl (C=O) groups is 1. The van der Waals surface area contributed by atoms with Crippen LogP contribution in [-0.2, 0) is 4.79 Å². The zero-order valence-corrected chi connectivity index (χ0v) is 13.9. The average Bonchev–Trinajstić information content (AvgIpc) is 3.05. The predicted octanol–water partition coefficient (Wildman–Crippen LogP) is 1.95. The average molecular weight is 336 g/mol. The number of likely N-dealkylation sites (tertiary alicyclic amines) is 1. The molecule has 3 N–H and O–H groups in total. The Morgan fingerprint density at radius 2 is 2.13 bits per heavy atom. The molecule has 1 aliphatic heterocycles. The number of hydrogen-bond acceptors (Lipinski definition) is 4. The number of H-pyrrole nitrogens is 1. The molecular weight excluding hydrogens is 314 g/mol. The number of nitrogens with one attached hydrogen (secondary N) is 1. The predicted molar refractivity (Wildman–Crippen MR) is 91.3 cm³/mol. The first-order chi connectivity index (χ1) is 10.6. The molecule has 1 aromatic carbocycles. The summed E-state index contributed by atoms with van der Waals surface area (Å²) in [5, 5.41) is 7.33. The smallest absolute Gasteiger partial charge is 0.239 e. The van der Waals surface area contributed by atoms with Crippen molar-refractivity contribution in [3.8, 4) is 11.4 Å². The maximum absolute atomic E-state index is 12.1. The molecule has 23 heavy (non-hydrogen) atoms. The summed E-state index contributed by atoms with van der Waals surface area (Å²) in [6.07, 6.45) is 1.97. The van der Waals surface area contributed by atoms with Crippen molar-refractivity contribution in [2.24, 2.45) is 5.73 Å². The lowest BCUT2D eigenvalue weighted by Crippen LogP contribution is -2.46. The lowest BCUT2D eigenvalue weighted by atomic mass is 9.97. The number of rotatable bonds is 3. The number of benzene rings is 1. The molecule has 2 atom stereocenters. The Hall–Kier alpha value is -1.92. The summed E-state index contributed by atoms with van der Waals surface area (Å²) in [5.41, 5.74) is 6.69. The number of nitrogens with two attached hydrogens (primary N) is 1. The molecule has 2 aromatic rings. The lowest BCUT2D eigenvalue weighted by Gasteiger charge is -2.32. The van der Waals surface area contributed by atoms with Crippen molar-refractivity contribution in [3.05, 3.63) is 36.2 Å². The molecule has 0 radical (unpaired) electrons. The Balaban J connectivity index is 0.00000192. The standard InChI is InChI=1S/C16H21N5O.ClH/c1-11(17)16(22)21-9-5-8-13(10-21)15-18-14(19-20-15)12-6-3-2-4-7-12;/h2-4,6-7,11,13H,5,8-10,17H2,1H3,(H,18,19,20);1H/t11-,13?;/m1./s1. The van der Waals surface area contributed by atoms with Crippen LogP contribution >= 0.6 is 12.4 Å². The summed E-state index contributed by atoms with van der Waals surface area (Å²) in [6, 6.07) is 9.42. The topological polar surface area (TPSA) is 87.9 Å². The van der Waals surface area contributed by atoms with E-state index in [1.807, 2.05) is 35.2 Å². The van der Waals surface area contributed by atoms with Crippen LogP contribution in [0, 0.1) is 0 Å². The van der Waals surface area contributed by atoms with E-state index in [4.69, 9.17) is 5.73 Å². The van der Waals surface area contributed by atoms with Crippen LogP contribution < -0.4 is 5.73 Å². The van der Waals surface area contributed by atoms with Gasteiger partial charge in [-0.25, -0.2) is 4.98 Å². The van der Waals surface area contributed by atoms with E-state index in [1.165, 1.54) is 0 Å². The van der Waals surface area contributed by atoms with Gasteiger partial charge in [-0.05, 0) is 19.8 Å². The van der Waals surface area contributed by atoms with Crippen LogP contribution in [0.3, 0.4) is 0 Å². The highest BCUT2D eigenvalue weighted by Crippen LogP contribution is 2.26. The molecule has 1 aliphatic rings. The van der Waals surface area contributed by atoms with Gasteiger partial charge in [0.05, 0.1) is 6.04 Å². The van der Waals surface area contributed by atoms with Crippen LogP contribution in [0.1, 0.15) is 31.5 Å². The molecule has 2 heterocycles. The SMILES string of the molecule is C[C@@H](N)C(=O)N1CCCC(c2nc(-c3ccccc3)n[nH]2)C1.Cl. The van der Waals surface area contributed by atoms with Crippen molar-refractivity contribution in [2.75, 3.05) is 13.1 Å². The summed E-state index contributed by atoms with van der Waals surface area (Å²) < 4.78 is 0. The van der Waals surface area contributed by atoms with Gasteiger partial charge in [0.15, 0.2) is 5.82 Å². The van der Waals surface area contributed by atoms with E-state index in [0.717, 1.165) is 30.8 Å². The number of halogens is 1. The van der Waals surface area contributed by atoms with Crippen molar-refractivity contribution in [2.45, 2.75) is 31.7 Å². The molecule has 1 saturated heterocycles. The van der Waals surface area contributed by atoms with E-state index in [9.17, 15) is 4.79 Å². The Bertz CT molecular complexity index is 643. The van der Waals surface area contributed by atoms with Crippen molar-refractivity contribution in [1.82, 2.24) is 20.1 Å². The van der Waals surface area contributed by atoms with E-state index >= 15 is 0 Å². The number of nitrogens with zero attached hydrogens (tertiary/aromatic N) is 3. The highest BCUT2D eigenvalue weighted by molar-refractivity contribution is 5.85. The molecule has 1 aromatic heterocycles. The number of carbonyl (C=O) groups excluding carboxylic acids is 1. The van der Waals surface area contributed by atoms with Crippen LogP contribution in [-0.4, -0.2) is 45.1 Å². The van der Waals surface area contributed by atoms with Crippen LogP contribution in [0.4, 0.5) is 0 Å².